The molecule has 2 heteroatoms. The van der Waals surface area contributed by atoms with E-state index in [2.05, 4.69) is 6.58 Å². The highest BCUT2D eigenvalue weighted by molar-refractivity contribution is 5.96. The van der Waals surface area contributed by atoms with E-state index in [1.165, 1.54) is 13.0 Å². The normalized spacial score (nSPS) is 12.9. The average molecular weight is 151 g/mol. The van der Waals surface area contributed by atoms with Crippen LogP contribution in [0, 0.1) is 0 Å². The molecule has 0 atom stereocenters. The van der Waals surface area contributed by atoms with Crippen LogP contribution in [0.2, 0.25) is 0 Å². The minimum Gasteiger partial charge on any atom is -0.399 e. The van der Waals surface area contributed by atoms with E-state index in [9.17, 15) is 4.79 Å². The maximum absolute atomic E-state index is 10.8. The molecule has 2 N–H and O–H groups in total. The van der Waals surface area contributed by atoms with Crippen molar-refractivity contribution in [2.45, 2.75) is 13.8 Å². The number of hydrogen-bond acceptors (Lipinski definition) is 2. The Balaban J connectivity index is 4.57. The second kappa shape index (κ2) is 4.50. The molecule has 2 nitrogen and oxygen atoms in total. The van der Waals surface area contributed by atoms with E-state index in [4.69, 9.17) is 5.73 Å². The molecule has 0 saturated carbocycles. The average Bonchev–Trinajstić information content (AvgIpc) is 1.99. The molecule has 0 aromatic rings. The van der Waals surface area contributed by atoms with Crippen LogP contribution in [0.4, 0.5) is 0 Å². The van der Waals surface area contributed by atoms with Gasteiger partial charge in [-0.2, -0.15) is 0 Å². The first kappa shape index (κ1) is 9.69. The number of rotatable bonds is 3. The lowest BCUT2D eigenvalue weighted by Crippen LogP contribution is -1.98. The molecule has 0 unspecified atom stereocenters. The summed E-state index contributed by atoms with van der Waals surface area (Å²) in [6.45, 7) is 6.77. The van der Waals surface area contributed by atoms with E-state index in [0.717, 1.165) is 0 Å². The highest BCUT2D eigenvalue weighted by atomic mass is 16.1. The minimum atomic E-state index is 0.0114. The number of Topliss-reactive ketones (excluding diaryl/α,β-unsaturated/α-hetero) is 1. The molecule has 60 valence electrons. The van der Waals surface area contributed by atoms with Gasteiger partial charge in [0.15, 0.2) is 5.78 Å². The minimum absolute atomic E-state index is 0.0114. The van der Waals surface area contributed by atoms with Crippen LogP contribution in [0.5, 0.6) is 0 Å². The number of nitrogens with two attached hydrogens (primary N) is 1. The zero-order valence-corrected chi connectivity index (χ0v) is 6.92. The molecule has 0 aliphatic heterocycles. The smallest absolute Gasteiger partial charge is 0.159 e. The van der Waals surface area contributed by atoms with Crippen LogP contribution < -0.4 is 5.73 Å². The van der Waals surface area contributed by atoms with Crippen LogP contribution >= 0.6 is 0 Å². The van der Waals surface area contributed by atoms with Gasteiger partial charge in [-0.1, -0.05) is 12.7 Å². The molecule has 0 bridgehead atoms. The third-order valence-corrected chi connectivity index (χ3v) is 1.28. The van der Waals surface area contributed by atoms with Gasteiger partial charge in [0.25, 0.3) is 0 Å². The van der Waals surface area contributed by atoms with Gasteiger partial charge in [-0.05, 0) is 26.0 Å². The third kappa shape index (κ3) is 3.40. The first-order valence-corrected chi connectivity index (χ1v) is 3.38. The second-order valence-corrected chi connectivity index (χ2v) is 2.15. The highest BCUT2D eigenvalue weighted by Crippen LogP contribution is 2.00. The molecular formula is C9H13NO. The molecule has 11 heavy (non-hydrogen) atoms. The largest absolute Gasteiger partial charge is 0.399 e. The molecule has 0 aromatic heterocycles. The van der Waals surface area contributed by atoms with Gasteiger partial charge in [0.05, 0.1) is 0 Å². The van der Waals surface area contributed by atoms with Gasteiger partial charge in [0, 0.05) is 11.3 Å². The standard InChI is InChI=1S/C9H13NO/c1-4-8(7(3)11)6-9(10)5-2/h4-6H,2,10H2,1,3H3/b8-4+,9-6+. The van der Waals surface area contributed by atoms with Crippen LogP contribution in [0.1, 0.15) is 13.8 Å². The summed E-state index contributed by atoms with van der Waals surface area (Å²) in [6.07, 6.45) is 4.83. The summed E-state index contributed by atoms with van der Waals surface area (Å²) in [5.41, 5.74) is 6.56. The third-order valence-electron chi connectivity index (χ3n) is 1.28. The predicted molar refractivity (Wildman–Crippen MR) is 46.9 cm³/mol. The quantitative estimate of drug-likeness (QED) is 0.491. The summed E-state index contributed by atoms with van der Waals surface area (Å²) < 4.78 is 0. The van der Waals surface area contributed by atoms with Gasteiger partial charge >= 0.3 is 0 Å². The predicted octanol–water partition coefficient (Wildman–Crippen LogP) is 1.55. The molecule has 0 aliphatic rings. The first-order chi connectivity index (χ1) is 5.11. The summed E-state index contributed by atoms with van der Waals surface area (Å²) in [6, 6.07) is 0. The Morgan fingerprint density at radius 2 is 2.09 bits per heavy atom. The van der Waals surface area contributed by atoms with E-state index in [0.29, 0.717) is 11.3 Å². The topological polar surface area (TPSA) is 43.1 Å². The van der Waals surface area contributed by atoms with Crippen molar-refractivity contribution in [3.05, 3.63) is 36.1 Å². The van der Waals surface area contributed by atoms with Crippen molar-refractivity contribution in [2.75, 3.05) is 0 Å². The summed E-state index contributed by atoms with van der Waals surface area (Å²) in [5, 5.41) is 0. The number of carbonyl (C=O) groups is 1. The Morgan fingerprint density at radius 3 is 2.36 bits per heavy atom. The van der Waals surface area contributed by atoms with Crippen molar-refractivity contribution in [1.82, 2.24) is 0 Å². The first-order valence-electron chi connectivity index (χ1n) is 3.38. The Labute approximate surface area is 67.1 Å². The van der Waals surface area contributed by atoms with Crippen molar-refractivity contribution in [1.29, 1.82) is 0 Å². The second-order valence-electron chi connectivity index (χ2n) is 2.15. The summed E-state index contributed by atoms with van der Waals surface area (Å²) >= 11 is 0. The Morgan fingerprint density at radius 1 is 1.55 bits per heavy atom. The fourth-order valence-electron chi connectivity index (χ4n) is 0.627. The van der Waals surface area contributed by atoms with Crippen LogP contribution in [0.25, 0.3) is 0 Å². The molecule has 0 radical (unpaired) electrons. The van der Waals surface area contributed by atoms with Crippen molar-refractivity contribution in [3.63, 3.8) is 0 Å². The SMILES string of the molecule is C=C/C(N)=C\C(=C/C)C(C)=O. The van der Waals surface area contributed by atoms with E-state index in [-0.39, 0.29) is 5.78 Å². The maximum atomic E-state index is 10.8. The maximum Gasteiger partial charge on any atom is 0.159 e. The number of hydrogen-bond donors (Lipinski definition) is 1. The lowest BCUT2D eigenvalue weighted by molar-refractivity contribution is -0.113. The fraction of sp³-hybridized carbons (Fsp3) is 0.222. The molecule has 0 rings (SSSR count). The Bertz CT molecular complexity index is 224. The molecule has 0 aromatic carbocycles. The zero-order valence-electron chi connectivity index (χ0n) is 6.92. The van der Waals surface area contributed by atoms with Crippen LogP contribution in [0.15, 0.2) is 36.1 Å². The van der Waals surface area contributed by atoms with Crippen molar-refractivity contribution >= 4 is 5.78 Å². The van der Waals surface area contributed by atoms with Gasteiger partial charge < -0.3 is 5.73 Å². The van der Waals surface area contributed by atoms with E-state index in [1.807, 2.05) is 0 Å². The van der Waals surface area contributed by atoms with E-state index < -0.39 is 0 Å². The van der Waals surface area contributed by atoms with Crippen molar-refractivity contribution in [2.24, 2.45) is 5.73 Å². The van der Waals surface area contributed by atoms with Gasteiger partial charge in [-0.25, -0.2) is 0 Å². The van der Waals surface area contributed by atoms with Crippen molar-refractivity contribution < 1.29 is 4.79 Å². The molecule has 0 spiro atoms. The van der Waals surface area contributed by atoms with Crippen LogP contribution in [-0.4, -0.2) is 5.78 Å². The summed E-state index contributed by atoms with van der Waals surface area (Å²) in [7, 11) is 0. The number of allylic oxidation sites excluding steroid dienone is 4. The molecule has 0 heterocycles. The summed E-state index contributed by atoms with van der Waals surface area (Å²) in [5.74, 6) is 0.0114. The molecule has 0 fully saturated rings. The highest BCUT2D eigenvalue weighted by Gasteiger charge is 1.97. The molecule has 0 amide bonds. The van der Waals surface area contributed by atoms with Gasteiger partial charge in [0.2, 0.25) is 0 Å². The Hall–Kier alpha value is -1.31. The summed E-state index contributed by atoms with van der Waals surface area (Å²) in [4.78, 5) is 10.8. The molecular weight excluding hydrogens is 138 g/mol. The van der Waals surface area contributed by atoms with Gasteiger partial charge in [-0.3, -0.25) is 4.79 Å². The van der Waals surface area contributed by atoms with Crippen molar-refractivity contribution in [3.8, 4) is 0 Å². The van der Waals surface area contributed by atoms with Crippen LogP contribution in [0.3, 0.4) is 0 Å². The zero-order chi connectivity index (χ0) is 8.85. The number of ketones is 1. The van der Waals surface area contributed by atoms with E-state index in [1.54, 1.807) is 19.1 Å². The van der Waals surface area contributed by atoms with Crippen LogP contribution in [-0.2, 0) is 4.79 Å². The molecule has 0 aliphatic carbocycles. The lowest BCUT2D eigenvalue weighted by atomic mass is 10.1. The number of carbonyl (C=O) groups excluding carboxylic acids is 1. The monoisotopic (exact) mass is 151 g/mol. The van der Waals surface area contributed by atoms with Gasteiger partial charge in [0.1, 0.15) is 0 Å². The van der Waals surface area contributed by atoms with E-state index >= 15 is 0 Å². The fourth-order valence-corrected chi connectivity index (χ4v) is 0.627. The lowest BCUT2D eigenvalue weighted by Gasteiger charge is -1.95. The van der Waals surface area contributed by atoms with Gasteiger partial charge in [-0.15, -0.1) is 0 Å². The Kier molecular flexibility index (Phi) is 3.96. The molecule has 0 saturated heterocycles.